The second-order valence-electron chi connectivity index (χ2n) is 6.07. The van der Waals surface area contributed by atoms with E-state index in [0.717, 1.165) is 17.8 Å². The Bertz CT molecular complexity index is 835. The highest BCUT2D eigenvalue weighted by atomic mass is 19.1. The van der Waals surface area contributed by atoms with Crippen LogP contribution in [0.1, 0.15) is 10.4 Å². The lowest BCUT2D eigenvalue weighted by molar-refractivity contribution is 0.0600. The van der Waals surface area contributed by atoms with Crippen LogP contribution in [0.25, 0.3) is 0 Å². The predicted molar refractivity (Wildman–Crippen MR) is 96.9 cm³/mol. The lowest BCUT2D eigenvalue weighted by Crippen LogP contribution is -2.50. The highest BCUT2D eigenvalue weighted by Gasteiger charge is 2.22. The number of amides is 2. The molecule has 27 heavy (non-hydrogen) atoms. The van der Waals surface area contributed by atoms with E-state index >= 15 is 0 Å². The number of nitrogens with zero attached hydrogens (tertiary/aromatic N) is 2. The Hall–Kier alpha value is -3.16. The van der Waals surface area contributed by atoms with Gasteiger partial charge in [-0.1, -0.05) is 0 Å². The number of piperazine rings is 1. The molecule has 1 N–H and O–H groups in total. The first-order chi connectivity index (χ1) is 13.0. The first kappa shape index (κ1) is 18.6. The van der Waals surface area contributed by atoms with Crippen LogP contribution in [-0.4, -0.2) is 50.2 Å². The predicted octanol–water partition coefficient (Wildman–Crippen LogP) is 3.11. The van der Waals surface area contributed by atoms with Crippen LogP contribution in [-0.2, 0) is 4.74 Å². The van der Waals surface area contributed by atoms with Gasteiger partial charge in [0.2, 0.25) is 0 Å². The number of esters is 1. The molecule has 0 unspecified atom stereocenters. The summed E-state index contributed by atoms with van der Waals surface area (Å²) >= 11 is 0. The van der Waals surface area contributed by atoms with Crippen molar-refractivity contribution in [1.82, 2.24) is 4.90 Å². The van der Waals surface area contributed by atoms with Gasteiger partial charge in [-0.25, -0.2) is 18.4 Å². The van der Waals surface area contributed by atoms with Crippen molar-refractivity contribution in [1.29, 1.82) is 0 Å². The van der Waals surface area contributed by atoms with E-state index in [0.29, 0.717) is 31.7 Å². The van der Waals surface area contributed by atoms with Gasteiger partial charge in [0.15, 0.2) is 0 Å². The maximum absolute atomic E-state index is 13.7. The number of carbonyl (C=O) groups excluding carboxylic acids is 2. The zero-order valence-corrected chi connectivity index (χ0v) is 14.7. The summed E-state index contributed by atoms with van der Waals surface area (Å²) in [4.78, 5) is 27.4. The fourth-order valence-electron chi connectivity index (χ4n) is 2.88. The second kappa shape index (κ2) is 8.03. The van der Waals surface area contributed by atoms with Gasteiger partial charge in [0, 0.05) is 37.9 Å². The third kappa shape index (κ3) is 4.33. The molecule has 1 aliphatic rings. The molecule has 0 bridgehead atoms. The highest BCUT2D eigenvalue weighted by molar-refractivity contribution is 5.90. The van der Waals surface area contributed by atoms with E-state index in [-0.39, 0.29) is 5.69 Å². The molecule has 0 aliphatic carbocycles. The number of rotatable bonds is 3. The number of carbonyl (C=O) groups is 2. The minimum Gasteiger partial charge on any atom is -0.465 e. The standard InChI is InChI=1S/C19H19F2N3O3/c1-27-18(25)13-2-5-15(6-3-13)23-8-10-24(11-9-23)19(26)22-17-7-4-14(20)12-16(17)21/h2-7,12H,8-11H2,1H3,(H,22,26). The third-order valence-corrected chi connectivity index (χ3v) is 4.39. The zero-order chi connectivity index (χ0) is 19.4. The Morgan fingerprint density at radius 1 is 1.00 bits per heavy atom. The molecular weight excluding hydrogens is 356 g/mol. The molecule has 8 heteroatoms. The molecule has 0 radical (unpaired) electrons. The van der Waals surface area contributed by atoms with Crippen LogP contribution in [0, 0.1) is 11.6 Å². The van der Waals surface area contributed by atoms with Gasteiger partial charge in [0.1, 0.15) is 11.6 Å². The fourth-order valence-corrected chi connectivity index (χ4v) is 2.88. The Morgan fingerprint density at radius 2 is 1.67 bits per heavy atom. The summed E-state index contributed by atoms with van der Waals surface area (Å²) in [5.74, 6) is -1.90. The molecule has 3 rings (SSSR count). The number of anilines is 2. The largest absolute Gasteiger partial charge is 0.465 e. The van der Waals surface area contributed by atoms with Crippen molar-refractivity contribution in [2.75, 3.05) is 43.5 Å². The topological polar surface area (TPSA) is 61.9 Å². The number of urea groups is 1. The maximum Gasteiger partial charge on any atom is 0.337 e. The van der Waals surface area contributed by atoms with Crippen LogP contribution in [0.5, 0.6) is 0 Å². The summed E-state index contributed by atoms with van der Waals surface area (Å²) < 4.78 is 31.3. The third-order valence-electron chi connectivity index (χ3n) is 4.39. The van der Waals surface area contributed by atoms with Gasteiger partial charge in [-0.05, 0) is 36.4 Å². The number of hydrogen-bond acceptors (Lipinski definition) is 4. The molecule has 1 saturated heterocycles. The average Bonchev–Trinajstić information content (AvgIpc) is 2.69. The van der Waals surface area contributed by atoms with Crippen LogP contribution < -0.4 is 10.2 Å². The van der Waals surface area contributed by atoms with Crippen molar-refractivity contribution >= 4 is 23.4 Å². The number of methoxy groups -OCH3 is 1. The number of ether oxygens (including phenoxy) is 1. The number of nitrogens with one attached hydrogen (secondary N) is 1. The molecule has 0 spiro atoms. The summed E-state index contributed by atoms with van der Waals surface area (Å²) in [5, 5.41) is 2.46. The molecule has 1 heterocycles. The molecule has 2 amide bonds. The first-order valence-corrected chi connectivity index (χ1v) is 8.42. The first-order valence-electron chi connectivity index (χ1n) is 8.42. The van der Waals surface area contributed by atoms with Crippen LogP contribution >= 0.6 is 0 Å². The van der Waals surface area contributed by atoms with Gasteiger partial charge in [-0.2, -0.15) is 0 Å². The van der Waals surface area contributed by atoms with E-state index in [1.54, 1.807) is 17.0 Å². The molecule has 0 aromatic heterocycles. The molecule has 142 valence electrons. The van der Waals surface area contributed by atoms with Crippen molar-refractivity contribution in [3.8, 4) is 0 Å². The van der Waals surface area contributed by atoms with Gasteiger partial charge in [-0.3, -0.25) is 0 Å². The van der Waals surface area contributed by atoms with E-state index in [1.165, 1.54) is 13.2 Å². The molecular formula is C19H19F2N3O3. The number of benzene rings is 2. The molecule has 1 fully saturated rings. The zero-order valence-electron chi connectivity index (χ0n) is 14.7. The summed E-state index contributed by atoms with van der Waals surface area (Å²) in [6.45, 7) is 2.09. The highest BCUT2D eigenvalue weighted by Crippen LogP contribution is 2.19. The van der Waals surface area contributed by atoms with Gasteiger partial charge in [0.05, 0.1) is 18.4 Å². The van der Waals surface area contributed by atoms with Gasteiger partial charge in [0.25, 0.3) is 0 Å². The van der Waals surface area contributed by atoms with E-state index in [2.05, 4.69) is 15.0 Å². The van der Waals surface area contributed by atoms with Crippen molar-refractivity contribution in [2.24, 2.45) is 0 Å². The van der Waals surface area contributed by atoms with Crippen LogP contribution in [0.2, 0.25) is 0 Å². The molecule has 0 saturated carbocycles. The second-order valence-corrected chi connectivity index (χ2v) is 6.07. The molecule has 6 nitrogen and oxygen atoms in total. The van der Waals surface area contributed by atoms with E-state index in [1.807, 2.05) is 12.1 Å². The Labute approximate surface area is 155 Å². The van der Waals surface area contributed by atoms with Crippen LogP contribution in [0.4, 0.5) is 25.0 Å². The lowest BCUT2D eigenvalue weighted by Gasteiger charge is -2.36. The van der Waals surface area contributed by atoms with Crippen LogP contribution in [0.3, 0.4) is 0 Å². The average molecular weight is 375 g/mol. The van der Waals surface area contributed by atoms with Crippen molar-refractivity contribution in [3.63, 3.8) is 0 Å². The maximum atomic E-state index is 13.7. The minimum absolute atomic E-state index is 0.0535. The van der Waals surface area contributed by atoms with Gasteiger partial charge < -0.3 is 19.9 Å². The van der Waals surface area contributed by atoms with Crippen LogP contribution in [0.15, 0.2) is 42.5 Å². The van der Waals surface area contributed by atoms with Crippen molar-refractivity contribution in [2.45, 2.75) is 0 Å². The summed E-state index contributed by atoms with van der Waals surface area (Å²) in [7, 11) is 1.33. The Morgan fingerprint density at radius 3 is 2.26 bits per heavy atom. The van der Waals surface area contributed by atoms with E-state index in [4.69, 9.17) is 0 Å². The van der Waals surface area contributed by atoms with Crippen molar-refractivity contribution in [3.05, 3.63) is 59.7 Å². The molecule has 0 atom stereocenters. The molecule has 1 aliphatic heterocycles. The summed E-state index contributed by atoms with van der Waals surface area (Å²) in [6, 6.07) is 9.63. The Balaban J connectivity index is 1.56. The Kier molecular flexibility index (Phi) is 5.54. The monoisotopic (exact) mass is 375 g/mol. The minimum atomic E-state index is -0.812. The van der Waals surface area contributed by atoms with Crippen molar-refractivity contribution < 1.29 is 23.1 Å². The quantitative estimate of drug-likeness (QED) is 0.838. The smallest absolute Gasteiger partial charge is 0.337 e. The van der Waals surface area contributed by atoms with Gasteiger partial charge in [-0.15, -0.1) is 0 Å². The molecule has 2 aromatic rings. The molecule has 2 aromatic carbocycles. The summed E-state index contributed by atoms with van der Waals surface area (Å²) in [6.07, 6.45) is 0. The normalized spacial score (nSPS) is 14.0. The number of halogens is 2. The fraction of sp³-hybridized carbons (Fsp3) is 0.263. The summed E-state index contributed by atoms with van der Waals surface area (Å²) in [5.41, 5.74) is 1.36. The van der Waals surface area contributed by atoms with Gasteiger partial charge >= 0.3 is 12.0 Å². The lowest BCUT2D eigenvalue weighted by atomic mass is 10.2. The van der Waals surface area contributed by atoms with E-state index < -0.39 is 23.6 Å². The number of hydrogen-bond donors (Lipinski definition) is 1. The van der Waals surface area contributed by atoms with E-state index in [9.17, 15) is 18.4 Å². The SMILES string of the molecule is COC(=O)c1ccc(N2CCN(C(=O)Nc3ccc(F)cc3F)CC2)cc1.